The van der Waals surface area contributed by atoms with E-state index < -0.39 is 0 Å². The van der Waals surface area contributed by atoms with Crippen molar-refractivity contribution in [2.75, 3.05) is 5.32 Å². The summed E-state index contributed by atoms with van der Waals surface area (Å²) in [5.41, 5.74) is 4.48. The molecule has 0 aliphatic heterocycles. The van der Waals surface area contributed by atoms with E-state index >= 15 is 0 Å². The molecule has 0 fully saturated rings. The second-order valence-electron chi connectivity index (χ2n) is 6.66. The van der Waals surface area contributed by atoms with Crippen molar-refractivity contribution in [2.45, 2.75) is 13.5 Å². The molecule has 2 heterocycles. The first kappa shape index (κ1) is 18.3. The van der Waals surface area contributed by atoms with Crippen LogP contribution in [0, 0.1) is 18.3 Å². The molecule has 0 bridgehead atoms. The van der Waals surface area contributed by atoms with Crippen molar-refractivity contribution < 1.29 is 9.53 Å². The van der Waals surface area contributed by atoms with Gasteiger partial charge in [0.15, 0.2) is 0 Å². The smallest absolute Gasteiger partial charge is 0.255 e. The second kappa shape index (κ2) is 7.87. The number of aryl methyl sites for hydroxylation is 1. The number of nitrogens with zero attached hydrogens (tertiary/aromatic N) is 3. The largest absolute Gasteiger partial charge is 0.487 e. The number of aromatic nitrogens is 2. The Labute approximate surface area is 168 Å². The van der Waals surface area contributed by atoms with Gasteiger partial charge in [-0.05, 0) is 61.0 Å². The van der Waals surface area contributed by atoms with Gasteiger partial charge in [-0.2, -0.15) is 5.26 Å². The van der Waals surface area contributed by atoms with E-state index in [1.165, 1.54) is 0 Å². The van der Waals surface area contributed by atoms with E-state index in [1.807, 2.05) is 41.9 Å². The summed E-state index contributed by atoms with van der Waals surface area (Å²) >= 11 is 0. The van der Waals surface area contributed by atoms with Gasteiger partial charge in [0.2, 0.25) is 0 Å². The lowest BCUT2D eigenvalue weighted by atomic mass is 10.2. The fourth-order valence-electron chi connectivity index (χ4n) is 2.94. The topological polar surface area (TPSA) is 79.4 Å². The van der Waals surface area contributed by atoms with Crippen LogP contribution in [0.1, 0.15) is 27.2 Å². The minimum Gasteiger partial charge on any atom is -0.487 e. The first-order valence-corrected chi connectivity index (χ1v) is 9.09. The quantitative estimate of drug-likeness (QED) is 0.557. The van der Waals surface area contributed by atoms with Crippen LogP contribution in [0.4, 0.5) is 5.69 Å². The van der Waals surface area contributed by atoms with Crippen LogP contribution in [0.5, 0.6) is 5.75 Å². The molecular weight excluding hydrogens is 364 g/mol. The molecule has 0 saturated heterocycles. The Kier molecular flexibility index (Phi) is 4.95. The first-order valence-electron chi connectivity index (χ1n) is 9.09. The highest BCUT2D eigenvalue weighted by atomic mass is 16.5. The summed E-state index contributed by atoms with van der Waals surface area (Å²) in [7, 11) is 0. The lowest BCUT2D eigenvalue weighted by Crippen LogP contribution is -2.12. The van der Waals surface area contributed by atoms with E-state index in [1.54, 1.807) is 48.5 Å². The van der Waals surface area contributed by atoms with Crippen molar-refractivity contribution in [1.82, 2.24) is 9.38 Å². The zero-order valence-corrected chi connectivity index (χ0v) is 15.8. The van der Waals surface area contributed by atoms with E-state index in [4.69, 9.17) is 10.00 Å². The summed E-state index contributed by atoms with van der Waals surface area (Å²) in [6.45, 7) is 2.34. The highest BCUT2D eigenvalue weighted by molar-refractivity contribution is 6.04. The highest BCUT2D eigenvalue weighted by Crippen LogP contribution is 2.17. The van der Waals surface area contributed by atoms with Gasteiger partial charge >= 0.3 is 0 Å². The average molecular weight is 382 g/mol. The molecule has 1 N–H and O–H groups in total. The number of rotatable bonds is 5. The number of nitriles is 1. The third-order valence-corrected chi connectivity index (χ3v) is 4.40. The van der Waals surface area contributed by atoms with E-state index in [2.05, 4.69) is 10.3 Å². The maximum Gasteiger partial charge on any atom is 0.255 e. The molecule has 29 heavy (non-hydrogen) atoms. The van der Waals surface area contributed by atoms with Gasteiger partial charge in [0, 0.05) is 23.6 Å². The molecular formula is C23H18N4O2. The number of hydrogen-bond donors (Lipinski definition) is 1. The fourth-order valence-corrected chi connectivity index (χ4v) is 2.94. The van der Waals surface area contributed by atoms with E-state index in [0.717, 1.165) is 16.9 Å². The van der Waals surface area contributed by atoms with Crippen LogP contribution in [-0.4, -0.2) is 15.3 Å². The number of pyridine rings is 1. The number of hydrogen-bond acceptors (Lipinski definition) is 4. The Hall–Kier alpha value is -4.11. The molecule has 0 radical (unpaired) electrons. The number of fused-ring (bicyclic) bond motifs is 1. The molecule has 0 saturated carbocycles. The monoisotopic (exact) mass is 382 g/mol. The summed E-state index contributed by atoms with van der Waals surface area (Å²) in [6.07, 6.45) is 3.95. The number of nitrogens with one attached hydrogen (secondary N) is 1. The third-order valence-electron chi connectivity index (χ3n) is 4.40. The molecule has 1 amide bonds. The molecule has 0 spiro atoms. The maximum absolute atomic E-state index is 12.5. The van der Waals surface area contributed by atoms with Gasteiger partial charge in [-0.3, -0.25) is 4.79 Å². The van der Waals surface area contributed by atoms with Crippen molar-refractivity contribution in [1.29, 1.82) is 5.26 Å². The molecule has 0 unspecified atom stereocenters. The maximum atomic E-state index is 12.5. The SMILES string of the molecule is Cc1ccc2nc(COc3cccc(C(=O)Nc4ccc(C#N)cc4)c3)cn2c1. The zero-order chi connectivity index (χ0) is 20.2. The van der Waals surface area contributed by atoms with Crippen LogP contribution in [0.15, 0.2) is 73.1 Å². The molecule has 6 heteroatoms. The average Bonchev–Trinajstić information content (AvgIpc) is 3.15. The number of imidazole rings is 1. The van der Waals surface area contributed by atoms with Crippen molar-refractivity contribution in [3.05, 3.63) is 95.4 Å². The molecule has 2 aromatic carbocycles. The number of amides is 1. The molecule has 0 aliphatic carbocycles. The Morgan fingerprint density at radius 1 is 1.14 bits per heavy atom. The van der Waals surface area contributed by atoms with E-state index in [0.29, 0.717) is 29.2 Å². The Morgan fingerprint density at radius 2 is 1.97 bits per heavy atom. The molecule has 4 aromatic rings. The predicted octanol–water partition coefficient (Wildman–Crippen LogP) is 4.35. The van der Waals surface area contributed by atoms with E-state index in [-0.39, 0.29) is 5.91 Å². The number of carbonyl (C=O) groups is 1. The minimum absolute atomic E-state index is 0.247. The Morgan fingerprint density at radius 3 is 2.76 bits per heavy atom. The number of ether oxygens (including phenoxy) is 1. The molecule has 0 aliphatic rings. The van der Waals surface area contributed by atoms with Crippen molar-refractivity contribution in [3.63, 3.8) is 0 Å². The van der Waals surface area contributed by atoms with Crippen molar-refractivity contribution >= 4 is 17.2 Å². The van der Waals surface area contributed by atoms with Gasteiger partial charge in [0.1, 0.15) is 18.0 Å². The summed E-state index contributed by atoms with van der Waals surface area (Å²) in [4.78, 5) is 17.0. The number of carbonyl (C=O) groups excluding carboxylic acids is 1. The predicted molar refractivity (Wildman–Crippen MR) is 110 cm³/mol. The van der Waals surface area contributed by atoms with Crippen LogP contribution in [0.25, 0.3) is 5.65 Å². The van der Waals surface area contributed by atoms with Crippen LogP contribution in [0.3, 0.4) is 0 Å². The minimum atomic E-state index is -0.247. The van der Waals surface area contributed by atoms with Gasteiger partial charge in [-0.1, -0.05) is 12.1 Å². The normalized spacial score (nSPS) is 10.5. The van der Waals surface area contributed by atoms with E-state index in [9.17, 15) is 4.79 Å². The van der Waals surface area contributed by atoms with Crippen LogP contribution in [0.2, 0.25) is 0 Å². The molecule has 4 rings (SSSR count). The molecule has 0 atom stereocenters. The van der Waals surface area contributed by atoms with Crippen molar-refractivity contribution in [3.8, 4) is 11.8 Å². The summed E-state index contributed by atoms with van der Waals surface area (Å²) in [5, 5.41) is 11.7. The summed E-state index contributed by atoms with van der Waals surface area (Å²) in [6, 6.07) is 19.7. The van der Waals surface area contributed by atoms with Gasteiger partial charge in [0.25, 0.3) is 5.91 Å². The summed E-state index contributed by atoms with van der Waals surface area (Å²) in [5.74, 6) is 0.342. The highest BCUT2D eigenvalue weighted by Gasteiger charge is 2.09. The van der Waals surface area contributed by atoms with Crippen LogP contribution in [-0.2, 0) is 6.61 Å². The first-order chi connectivity index (χ1) is 14.1. The molecule has 6 nitrogen and oxygen atoms in total. The van der Waals surface area contributed by atoms with Gasteiger partial charge in [-0.25, -0.2) is 4.98 Å². The lowest BCUT2D eigenvalue weighted by molar-refractivity contribution is 0.102. The standard InChI is InChI=1S/C23H18N4O2/c1-16-5-10-22-25-20(14-27(22)13-16)15-29-21-4-2-3-18(11-21)23(28)26-19-8-6-17(12-24)7-9-19/h2-11,13-14H,15H2,1H3,(H,26,28). The Bertz CT molecular complexity index is 1220. The molecule has 2 aromatic heterocycles. The van der Waals surface area contributed by atoms with Crippen LogP contribution < -0.4 is 10.1 Å². The van der Waals surface area contributed by atoms with Crippen LogP contribution >= 0.6 is 0 Å². The van der Waals surface area contributed by atoms with Gasteiger partial charge in [-0.15, -0.1) is 0 Å². The summed E-state index contributed by atoms with van der Waals surface area (Å²) < 4.78 is 7.80. The number of anilines is 1. The zero-order valence-electron chi connectivity index (χ0n) is 15.8. The van der Waals surface area contributed by atoms with Crippen molar-refractivity contribution in [2.24, 2.45) is 0 Å². The third kappa shape index (κ3) is 4.25. The second-order valence-corrected chi connectivity index (χ2v) is 6.66. The Balaban J connectivity index is 1.43. The fraction of sp³-hybridized carbons (Fsp3) is 0.0870. The number of benzene rings is 2. The lowest BCUT2D eigenvalue weighted by Gasteiger charge is -2.08. The molecule has 142 valence electrons. The van der Waals surface area contributed by atoms with Gasteiger partial charge in [0.05, 0.1) is 17.3 Å². The van der Waals surface area contributed by atoms with Gasteiger partial charge < -0.3 is 14.5 Å².